The van der Waals surface area contributed by atoms with E-state index in [-0.39, 0.29) is 0 Å². The van der Waals surface area contributed by atoms with Gasteiger partial charge in [-0.25, -0.2) is 4.98 Å². The lowest BCUT2D eigenvalue weighted by molar-refractivity contribution is 1.40. The maximum absolute atomic E-state index is 5.65. The smallest absolute Gasteiger partial charge is 0.0794 e. The Bertz CT molecular complexity index is 4270. The second-order valence-corrected chi connectivity index (χ2v) is 17.6. The zero-order chi connectivity index (χ0) is 43.3. The molecule has 0 atom stereocenters. The first-order valence-corrected chi connectivity index (χ1v) is 22.7. The summed E-state index contributed by atoms with van der Waals surface area (Å²) >= 11 is 0. The van der Waals surface area contributed by atoms with Crippen molar-refractivity contribution in [3.8, 4) is 44.6 Å². The van der Waals surface area contributed by atoms with E-state index in [0.717, 1.165) is 60.7 Å². The van der Waals surface area contributed by atoms with E-state index in [1.54, 1.807) is 0 Å². The van der Waals surface area contributed by atoms with E-state index in [0.29, 0.717) is 0 Å². The van der Waals surface area contributed by atoms with E-state index in [4.69, 9.17) is 9.97 Å². The van der Waals surface area contributed by atoms with Crippen molar-refractivity contribution in [3.05, 3.63) is 231 Å². The van der Waals surface area contributed by atoms with Crippen LogP contribution in [0.2, 0.25) is 0 Å². The van der Waals surface area contributed by atoms with Crippen LogP contribution in [0.1, 0.15) is 0 Å². The third kappa shape index (κ3) is 5.62. The van der Waals surface area contributed by atoms with Crippen LogP contribution < -0.4 is 0 Å². The summed E-state index contributed by atoms with van der Waals surface area (Å²) in [6.07, 6.45) is 1.98. The van der Waals surface area contributed by atoms with E-state index < -0.39 is 0 Å². The fraction of sp³-hybridized carbons (Fsp3) is 0. The molecule has 0 N–H and O–H groups in total. The Hall–Kier alpha value is -8.72. The molecule has 2 nitrogen and oxygen atoms in total. The van der Waals surface area contributed by atoms with E-state index in [2.05, 4.69) is 218 Å². The van der Waals surface area contributed by atoms with Crippen LogP contribution in [0.4, 0.5) is 0 Å². The number of hydrogen-bond donors (Lipinski definition) is 0. The van der Waals surface area contributed by atoms with Crippen LogP contribution in [0.3, 0.4) is 0 Å². The van der Waals surface area contributed by atoms with E-state index in [9.17, 15) is 0 Å². The van der Waals surface area contributed by atoms with Crippen LogP contribution in [0, 0.1) is 0 Å². The van der Waals surface area contributed by atoms with Crippen molar-refractivity contribution in [1.82, 2.24) is 9.97 Å². The van der Waals surface area contributed by atoms with Crippen molar-refractivity contribution in [2.24, 2.45) is 0 Å². The van der Waals surface area contributed by atoms with Crippen molar-refractivity contribution in [1.29, 1.82) is 0 Å². The quantitative estimate of drug-likeness (QED) is 0.165. The lowest BCUT2D eigenvalue weighted by atomic mass is 9.88. The summed E-state index contributed by atoms with van der Waals surface area (Å²) < 4.78 is 0. The van der Waals surface area contributed by atoms with Crippen LogP contribution >= 0.6 is 0 Å². The maximum Gasteiger partial charge on any atom is 0.0794 e. The Morgan fingerprint density at radius 2 is 0.667 bits per heavy atom. The van der Waals surface area contributed by atoms with Crippen molar-refractivity contribution in [2.75, 3.05) is 0 Å². The van der Waals surface area contributed by atoms with Gasteiger partial charge in [-0.15, -0.1) is 0 Å². The van der Waals surface area contributed by atoms with Crippen molar-refractivity contribution in [2.45, 2.75) is 0 Å². The first kappa shape index (κ1) is 36.7. The van der Waals surface area contributed by atoms with E-state index >= 15 is 0 Å². The van der Waals surface area contributed by atoms with Gasteiger partial charge in [0.25, 0.3) is 0 Å². The predicted octanol–water partition coefficient (Wildman–Crippen LogP) is 17.5. The largest absolute Gasteiger partial charge is 0.256 e. The molecular formula is C64H38N2. The molecule has 0 aliphatic carbocycles. The van der Waals surface area contributed by atoms with Gasteiger partial charge in [-0.3, -0.25) is 4.98 Å². The number of pyridine rings is 2. The molecule has 66 heavy (non-hydrogen) atoms. The molecule has 2 heterocycles. The molecule has 304 valence electrons. The Kier molecular flexibility index (Phi) is 8.02. The summed E-state index contributed by atoms with van der Waals surface area (Å²) in [7, 11) is 0. The number of nitrogens with zero attached hydrogens (tertiary/aromatic N) is 2. The second-order valence-electron chi connectivity index (χ2n) is 17.6. The number of rotatable bonds is 4. The average Bonchev–Trinajstić information content (AvgIpc) is 3.40. The summed E-state index contributed by atoms with van der Waals surface area (Å²) in [4.78, 5) is 10.4. The molecule has 0 spiro atoms. The van der Waals surface area contributed by atoms with Gasteiger partial charge in [-0.05, 0) is 134 Å². The van der Waals surface area contributed by atoms with E-state index in [1.165, 1.54) is 81.1 Å². The fourth-order valence-electron chi connectivity index (χ4n) is 10.9. The zero-order valence-electron chi connectivity index (χ0n) is 35.8. The number of benzene rings is 12. The highest BCUT2D eigenvalue weighted by atomic mass is 14.7. The molecule has 0 fully saturated rings. The number of hydrogen-bond acceptors (Lipinski definition) is 2. The molecule has 12 aromatic carbocycles. The average molecular weight is 835 g/mol. The highest BCUT2D eigenvalue weighted by molar-refractivity contribution is 6.27. The molecule has 0 unspecified atom stereocenters. The summed E-state index contributed by atoms with van der Waals surface area (Å²) in [6, 6.07) is 82.3. The van der Waals surface area contributed by atoms with Gasteiger partial charge in [-0.2, -0.15) is 0 Å². The van der Waals surface area contributed by atoms with E-state index in [1.807, 2.05) is 12.3 Å². The monoisotopic (exact) mass is 834 g/mol. The molecule has 14 rings (SSSR count). The molecule has 2 aromatic heterocycles. The highest BCUT2D eigenvalue weighted by Crippen LogP contribution is 2.44. The topological polar surface area (TPSA) is 25.8 Å². The Morgan fingerprint density at radius 3 is 1.26 bits per heavy atom. The molecule has 0 bridgehead atoms. The molecule has 2 heteroatoms. The van der Waals surface area contributed by atoms with Crippen LogP contribution in [-0.2, 0) is 0 Å². The third-order valence-electron chi connectivity index (χ3n) is 14.0. The fourth-order valence-corrected chi connectivity index (χ4v) is 10.9. The van der Waals surface area contributed by atoms with Crippen molar-refractivity contribution < 1.29 is 0 Å². The summed E-state index contributed by atoms with van der Waals surface area (Å²) in [5, 5.41) is 19.7. The SMILES string of the molecule is c1ccc2ncc(-c3ccc(-c4cc(-c5ccc6c7ccccc7c7ccccc7c6c5)nc5c4cc(-c4ccc6c7ccccc7c7ccccc7c6c4)c4ccccc45)cc3)cc2c1. The summed E-state index contributed by atoms with van der Waals surface area (Å²) in [5.74, 6) is 0. The standard InChI is InChI=1S/C64H38N2/c1-12-24-62-42(13-1)33-44(38-65-62)39-25-27-40(28-26-39)58-37-63(43-30-32-55-50-19-5-3-15-46(50)48-17-7-9-21-52(48)60(55)35-43)66-64-56-23-11-10-22-53(56)57(36-61(58)64)41-29-31-54-49-18-4-2-14-45(49)47-16-6-8-20-51(47)59(54)34-41/h1-38H. The van der Waals surface area contributed by atoms with Gasteiger partial charge in [0.2, 0.25) is 0 Å². The van der Waals surface area contributed by atoms with Gasteiger partial charge in [0, 0.05) is 33.5 Å². The number of aromatic nitrogens is 2. The molecule has 0 radical (unpaired) electrons. The zero-order valence-corrected chi connectivity index (χ0v) is 35.8. The maximum atomic E-state index is 5.65. The normalized spacial score (nSPS) is 11.9. The van der Waals surface area contributed by atoms with Crippen LogP contribution in [0.15, 0.2) is 231 Å². The van der Waals surface area contributed by atoms with Gasteiger partial charge in [0.05, 0.1) is 16.7 Å². The van der Waals surface area contributed by atoms with Crippen molar-refractivity contribution in [3.63, 3.8) is 0 Å². The Balaban J connectivity index is 1.02. The molecule has 0 saturated carbocycles. The number of para-hydroxylation sites is 1. The number of fused-ring (bicyclic) bond motifs is 16. The lowest BCUT2D eigenvalue weighted by Crippen LogP contribution is -1.94. The first-order valence-electron chi connectivity index (χ1n) is 22.7. The molecule has 14 aromatic rings. The summed E-state index contributed by atoms with van der Waals surface area (Å²) in [6.45, 7) is 0. The predicted molar refractivity (Wildman–Crippen MR) is 281 cm³/mol. The first-order chi connectivity index (χ1) is 32.7. The molecule has 0 aliphatic heterocycles. The molecular weight excluding hydrogens is 797 g/mol. The van der Waals surface area contributed by atoms with Crippen molar-refractivity contribution >= 4 is 97.2 Å². The minimum atomic E-state index is 0.946. The molecule has 0 amide bonds. The minimum Gasteiger partial charge on any atom is -0.256 e. The minimum absolute atomic E-state index is 0.946. The highest BCUT2D eigenvalue weighted by Gasteiger charge is 2.19. The third-order valence-corrected chi connectivity index (χ3v) is 14.0. The van der Waals surface area contributed by atoms with Gasteiger partial charge in [-0.1, -0.05) is 188 Å². The van der Waals surface area contributed by atoms with Gasteiger partial charge < -0.3 is 0 Å². The van der Waals surface area contributed by atoms with Crippen LogP contribution in [0.25, 0.3) is 142 Å². The summed E-state index contributed by atoms with van der Waals surface area (Å²) in [5.41, 5.74) is 10.9. The van der Waals surface area contributed by atoms with Crippen LogP contribution in [0.5, 0.6) is 0 Å². The van der Waals surface area contributed by atoms with Gasteiger partial charge in [0.1, 0.15) is 0 Å². The lowest BCUT2D eigenvalue weighted by Gasteiger charge is -2.17. The van der Waals surface area contributed by atoms with Gasteiger partial charge in [0.15, 0.2) is 0 Å². The van der Waals surface area contributed by atoms with Gasteiger partial charge >= 0.3 is 0 Å². The van der Waals surface area contributed by atoms with Crippen LogP contribution in [-0.4, -0.2) is 9.97 Å². The Morgan fingerprint density at radius 1 is 0.242 bits per heavy atom. The Labute approximate surface area is 380 Å². The second kappa shape index (κ2) is 14.4. The molecule has 0 saturated heterocycles. The molecule has 0 aliphatic rings.